The second kappa shape index (κ2) is 6.75. The molecule has 0 radical (unpaired) electrons. The number of aromatic nitrogens is 1. The van der Waals surface area contributed by atoms with Crippen molar-refractivity contribution in [3.8, 4) is 0 Å². The molecule has 0 aromatic carbocycles. The summed E-state index contributed by atoms with van der Waals surface area (Å²) >= 11 is 0. The molecule has 1 amide bonds. The van der Waals surface area contributed by atoms with Crippen molar-refractivity contribution in [3.05, 3.63) is 24.0 Å². The first kappa shape index (κ1) is 14.1. The molecule has 4 heteroatoms. The molecule has 1 aromatic heterocycles. The number of nitrogens with one attached hydrogen (secondary N) is 1. The number of likely N-dealkylation sites (tertiary alicyclic amines) is 1. The summed E-state index contributed by atoms with van der Waals surface area (Å²) < 4.78 is 2.15. The molecule has 4 nitrogen and oxygen atoms in total. The van der Waals surface area contributed by atoms with Crippen LogP contribution >= 0.6 is 0 Å². The van der Waals surface area contributed by atoms with Gasteiger partial charge in [-0.1, -0.05) is 12.8 Å². The average molecular weight is 263 g/mol. The molecule has 0 saturated carbocycles. The molecule has 2 rings (SSSR count). The Kier molecular flexibility index (Phi) is 5.02. The predicted octanol–water partition coefficient (Wildman–Crippen LogP) is 2.08. The van der Waals surface area contributed by atoms with Crippen LogP contribution in [0.25, 0.3) is 0 Å². The zero-order valence-corrected chi connectivity index (χ0v) is 12.1. The summed E-state index contributed by atoms with van der Waals surface area (Å²) in [5, 5.41) is 3.06. The van der Waals surface area contributed by atoms with Crippen LogP contribution in [-0.4, -0.2) is 35.5 Å². The summed E-state index contributed by atoms with van der Waals surface area (Å²) in [7, 11) is 3.96. The van der Waals surface area contributed by atoms with Crippen LogP contribution in [0.1, 0.15) is 43.8 Å². The van der Waals surface area contributed by atoms with Gasteiger partial charge >= 0.3 is 0 Å². The number of rotatable bonds is 4. The number of aryl methyl sites for hydroxylation is 1. The monoisotopic (exact) mass is 263 g/mol. The standard InChI is InChI=1S/C15H25N3O/c1-16-10-9-15(19)18-12-5-3-4-7-14(18)13-8-6-11-17(13)2/h6,8,11,14,16H,3-5,7,9-10,12H2,1-2H3. The molecule has 2 heterocycles. The highest BCUT2D eigenvalue weighted by Gasteiger charge is 2.27. The SMILES string of the molecule is CNCCC(=O)N1CCCCCC1c1cccn1C. The molecule has 0 aliphatic carbocycles. The van der Waals surface area contributed by atoms with Crippen LogP contribution in [0.2, 0.25) is 0 Å². The molecule has 1 unspecified atom stereocenters. The van der Waals surface area contributed by atoms with Crippen molar-refractivity contribution in [1.29, 1.82) is 0 Å². The Morgan fingerprint density at radius 2 is 2.26 bits per heavy atom. The third-order valence-corrected chi connectivity index (χ3v) is 3.99. The maximum absolute atomic E-state index is 12.4. The summed E-state index contributed by atoms with van der Waals surface area (Å²) in [6.07, 6.45) is 7.33. The number of hydrogen-bond donors (Lipinski definition) is 1. The maximum atomic E-state index is 12.4. The fourth-order valence-electron chi connectivity index (χ4n) is 2.91. The van der Waals surface area contributed by atoms with E-state index in [-0.39, 0.29) is 11.9 Å². The van der Waals surface area contributed by atoms with Gasteiger partial charge in [0, 0.05) is 38.4 Å². The first-order chi connectivity index (χ1) is 9.24. The Hall–Kier alpha value is -1.29. The third kappa shape index (κ3) is 3.38. The largest absolute Gasteiger partial charge is 0.353 e. The van der Waals surface area contributed by atoms with Crippen molar-refractivity contribution in [2.45, 2.75) is 38.1 Å². The van der Waals surface area contributed by atoms with Gasteiger partial charge in [0.1, 0.15) is 0 Å². The second-order valence-electron chi connectivity index (χ2n) is 5.35. The maximum Gasteiger partial charge on any atom is 0.224 e. The quantitative estimate of drug-likeness (QED) is 0.903. The molecule has 1 saturated heterocycles. The Labute approximate surface area is 115 Å². The van der Waals surface area contributed by atoms with Crippen molar-refractivity contribution >= 4 is 5.91 Å². The van der Waals surface area contributed by atoms with Crippen molar-refractivity contribution in [2.75, 3.05) is 20.1 Å². The van der Waals surface area contributed by atoms with E-state index in [4.69, 9.17) is 0 Å². The number of hydrogen-bond acceptors (Lipinski definition) is 2. The van der Waals surface area contributed by atoms with E-state index < -0.39 is 0 Å². The van der Waals surface area contributed by atoms with Gasteiger partial charge in [-0.25, -0.2) is 0 Å². The third-order valence-electron chi connectivity index (χ3n) is 3.99. The van der Waals surface area contributed by atoms with E-state index >= 15 is 0 Å². The minimum Gasteiger partial charge on any atom is -0.353 e. The molecule has 19 heavy (non-hydrogen) atoms. The summed E-state index contributed by atoms with van der Waals surface area (Å²) in [5.41, 5.74) is 1.26. The number of nitrogens with zero attached hydrogens (tertiary/aromatic N) is 2. The van der Waals surface area contributed by atoms with Gasteiger partial charge in [0.2, 0.25) is 5.91 Å². The lowest BCUT2D eigenvalue weighted by Gasteiger charge is -2.30. The molecular weight excluding hydrogens is 238 g/mol. The van der Waals surface area contributed by atoms with E-state index in [2.05, 4.69) is 40.2 Å². The van der Waals surface area contributed by atoms with Gasteiger partial charge in [-0.05, 0) is 32.0 Å². The van der Waals surface area contributed by atoms with Crippen molar-refractivity contribution in [2.24, 2.45) is 7.05 Å². The van der Waals surface area contributed by atoms with Crippen LogP contribution in [0.5, 0.6) is 0 Å². The first-order valence-corrected chi connectivity index (χ1v) is 7.29. The van der Waals surface area contributed by atoms with E-state index in [1.807, 2.05) is 7.05 Å². The molecule has 1 aliphatic rings. The normalized spacial score (nSPS) is 20.3. The van der Waals surface area contributed by atoms with E-state index in [0.29, 0.717) is 6.42 Å². The average Bonchev–Trinajstić information content (AvgIpc) is 2.69. The van der Waals surface area contributed by atoms with Gasteiger partial charge in [-0.3, -0.25) is 4.79 Å². The van der Waals surface area contributed by atoms with Gasteiger partial charge in [0.15, 0.2) is 0 Å². The van der Waals surface area contributed by atoms with Gasteiger partial charge in [0.25, 0.3) is 0 Å². The predicted molar refractivity (Wildman–Crippen MR) is 76.9 cm³/mol. The molecule has 1 aromatic rings. The first-order valence-electron chi connectivity index (χ1n) is 7.29. The summed E-state index contributed by atoms with van der Waals surface area (Å²) in [4.78, 5) is 14.5. The topological polar surface area (TPSA) is 37.3 Å². The van der Waals surface area contributed by atoms with Crippen LogP contribution in [0.3, 0.4) is 0 Å². The lowest BCUT2D eigenvalue weighted by Crippen LogP contribution is -2.36. The number of carbonyl (C=O) groups excluding carboxylic acids is 1. The van der Waals surface area contributed by atoms with E-state index in [1.54, 1.807) is 0 Å². The van der Waals surface area contributed by atoms with Gasteiger partial charge in [-0.2, -0.15) is 0 Å². The smallest absolute Gasteiger partial charge is 0.224 e. The molecule has 0 bridgehead atoms. The zero-order chi connectivity index (χ0) is 13.7. The van der Waals surface area contributed by atoms with Gasteiger partial charge in [-0.15, -0.1) is 0 Å². The molecular formula is C15H25N3O. The van der Waals surface area contributed by atoms with Crippen molar-refractivity contribution in [3.63, 3.8) is 0 Å². The molecule has 1 aliphatic heterocycles. The Morgan fingerprint density at radius 1 is 1.42 bits per heavy atom. The van der Waals surface area contributed by atoms with Crippen LogP contribution < -0.4 is 5.32 Å². The van der Waals surface area contributed by atoms with Crippen molar-refractivity contribution in [1.82, 2.24) is 14.8 Å². The highest BCUT2D eigenvalue weighted by Crippen LogP contribution is 2.30. The van der Waals surface area contributed by atoms with Crippen LogP contribution in [-0.2, 0) is 11.8 Å². The molecule has 1 atom stereocenters. The van der Waals surface area contributed by atoms with Gasteiger partial charge < -0.3 is 14.8 Å². The summed E-state index contributed by atoms with van der Waals surface area (Å²) in [5.74, 6) is 0.280. The van der Waals surface area contributed by atoms with Crippen LogP contribution in [0, 0.1) is 0 Å². The summed E-state index contributed by atoms with van der Waals surface area (Å²) in [6.45, 7) is 1.66. The molecule has 1 N–H and O–H groups in total. The second-order valence-corrected chi connectivity index (χ2v) is 5.35. The minimum atomic E-state index is 0.256. The molecule has 106 valence electrons. The Bertz CT molecular complexity index is 413. The molecule has 1 fully saturated rings. The Balaban J connectivity index is 2.16. The zero-order valence-electron chi connectivity index (χ0n) is 12.1. The van der Waals surface area contributed by atoms with Crippen molar-refractivity contribution < 1.29 is 4.79 Å². The van der Waals surface area contributed by atoms with Gasteiger partial charge in [0.05, 0.1) is 6.04 Å². The highest BCUT2D eigenvalue weighted by atomic mass is 16.2. The van der Waals surface area contributed by atoms with E-state index in [1.165, 1.54) is 18.5 Å². The highest BCUT2D eigenvalue weighted by molar-refractivity contribution is 5.77. The number of amides is 1. The van der Waals surface area contributed by atoms with Crippen LogP contribution in [0.4, 0.5) is 0 Å². The lowest BCUT2D eigenvalue weighted by atomic mass is 10.1. The molecule has 0 spiro atoms. The fourth-order valence-corrected chi connectivity index (χ4v) is 2.91. The van der Waals surface area contributed by atoms with E-state index in [9.17, 15) is 4.79 Å². The van der Waals surface area contributed by atoms with E-state index in [0.717, 1.165) is 25.9 Å². The summed E-state index contributed by atoms with van der Waals surface area (Å²) in [6, 6.07) is 4.47. The Morgan fingerprint density at radius 3 is 2.95 bits per heavy atom. The van der Waals surface area contributed by atoms with Crippen LogP contribution in [0.15, 0.2) is 18.3 Å². The number of carbonyl (C=O) groups is 1. The lowest BCUT2D eigenvalue weighted by molar-refractivity contribution is -0.133. The fraction of sp³-hybridized carbons (Fsp3) is 0.667. The minimum absolute atomic E-state index is 0.256.